The van der Waals surface area contributed by atoms with Gasteiger partial charge in [0.25, 0.3) is 0 Å². The quantitative estimate of drug-likeness (QED) is 0.295. The van der Waals surface area contributed by atoms with E-state index in [1.807, 2.05) is 13.0 Å². The molecule has 0 bridgehead atoms. The molecule has 5 rings (SSSR count). The standard InChI is InChI=1S/C26H21F3N4O3S/c1-14-10-19(32-22(11-14)33-21-12-15(7-9-30-21)26(27,28)29)20-13-31-24(37-20)25(36)8-3-5-16-17(23(34)35)4-2-6-18(16)25/h2,4,6-7,9-13,36H,3,5,8H2,1H3,(H,34,35)(H,30,32,33). The summed E-state index contributed by atoms with van der Waals surface area (Å²) in [6.07, 6.45) is -0.283. The Bertz CT molecular complexity index is 1500. The zero-order valence-corrected chi connectivity index (χ0v) is 20.3. The van der Waals surface area contributed by atoms with Gasteiger partial charge in [-0.2, -0.15) is 13.2 Å². The minimum atomic E-state index is -4.49. The molecule has 11 heteroatoms. The number of carbonyl (C=O) groups is 1. The molecule has 1 unspecified atom stereocenters. The molecule has 190 valence electrons. The van der Waals surface area contributed by atoms with Crippen molar-refractivity contribution in [2.24, 2.45) is 0 Å². The molecule has 1 aromatic carbocycles. The Morgan fingerprint density at radius 3 is 2.70 bits per heavy atom. The second kappa shape index (κ2) is 9.24. The molecular formula is C26H21F3N4O3S. The van der Waals surface area contributed by atoms with Crippen LogP contribution in [0.4, 0.5) is 24.8 Å². The van der Waals surface area contributed by atoms with Crippen LogP contribution >= 0.6 is 11.3 Å². The van der Waals surface area contributed by atoms with Crippen molar-refractivity contribution in [3.8, 4) is 10.6 Å². The molecule has 37 heavy (non-hydrogen) atoms. The molecular weight excluding hydrogens is 505 g/mol. The average Bonchev–Trinajstić information content (AvgIpc) is 3.35. The van der Waals surface area contributed by atoms with Gasteiger partial charge in [0.2, 0.25) is 0 Å². The number of nitrogens with zero attached hydrogens (tertiary/aromatic N) is 3. The molecule has 0 aliphatic heterocycles. The van der Waals surface area contributed by atoms with Crippen molar-refractivity contribution >= 4 is 28.9 Å². The normalized spacial score (nSPS) is 17.3. The number of hydrogen-bond acceptors (Lipinski definition) is 7. The van der Waals surface area contributed by atoms with Gasteiger partial charge >= 0.3 is 12.1 Å². The van der Waals surface area contributed by atoms with Gasteiger partial charge in [-0.25, -0.2) is 19.7 Å². The fraction of sp³-hybridized carbons (Fsp3) is 0.231. The number of alkyl halides is 3. The molecule has 0 saturated carbocycles. The highest BCUT2D eigenvalue weighted by Gasteiger charge is 2.40. The van der Waals surface area contributed by atoms with E-state index in [9.17, 15) is 28.2 Å². The first kappa shape index (κ1) is 24.8. The van der Waals surface area contributed by atoms with Crippen molar-refractivity contribution < 1.29 is 28.2 Å². The van der Waals surface area contributed by atoms with E-state index in [0.29, 0.717) is 51.8 Å². The van der Waals surface area contributed by atoms with E-state index in [1.54, 1.807) is 24.4 Å². The van der Waals surface area contributed by atoms with Crippen LogP contribution in [0, 0.1) is 6.92 Å². The minimum Gasteiger partial charge on any atom is -0.478 e. The van der Waals surface area contributed by atoms with Gasteiger partial charge < -0.3 is 15.5 Å². The molecule has 3 aromatic heterocycles. The van der Waals surface area contributed by atoms with E-state index in [1.165, 1.54) is 17.4 Å². The van der Waals surface area contributed by atoms with Gasteiger partial charge in [-0.1, -0.05) is 12.1 Å². The Balaban J connectivity index is 1.48. The number of rotatable bonds is 5. The lowest BCUT2D eigenvalue weighted by molar-refractivity contribution is -0.137. The van der Waals surface area contributed by atoms with E-state index < -0.39 is 23.3 Å². The summed E-state index contributed by atoms with van der Waals surface area (Å²) in [4.78, 5) is 25.3. The Kier molecular flexibility index (Phi) is 6.20. The van der Waals surface area contributed by atoms with Crippen LogP contribution in [-0.2, 0) is 18.2 Å². The third kappa shape index (κ3) is 4.79. The first-order valence-electron chi connectivity index (χ1n) is 11.4. The predicted octanol–water partition coefficient (Wildman–Crippen LogP) is 5.94. The Labute approximate surface area is 213 Å². The number of fused-ring (bicyclic) bond motifs is 1. The Hall–Kier alpha value is -3.83. The van der Waals surface area contributed by atoms with Gasteiger partial charge in [0.1, 0.15) is 22.2 Å². The molecule has 1 aliphatic carbocycles. The molecule has 0 amide bonds. The maximum absolute atomic E-state index is 13.1. The second-order valence-corrected chi connectivity index (χ2v) is 9.88. The summed E-state index contributed by atoms with van der Waals surface area (Å²) in [5, 5.41) is 24.5. The minimum absolute atomic E-state index is 0.00577. The van der Waals surface area contributed by atoms with Crippen LogP contribution in [0.1, 0.15) is 50.5 Å². The van der Waals surface area contributed by atoms with Crippen molar-refractivity contribution in [3.05, 3.63) is 87.7 Å². The predicted molar refractivity (Wildman–Crippen MR) is 132 cm³/mol. The third-order valence-electron chi connectivity index (χ3n) is 6.24. The number of aryl methyl sites for hydroxylation is 1. The van der Waals surface area contributed by atoms with Crippen LogP contribution in [0.5, 0.6) is 0 Å². The number of aromatic nitrogens is 3. The summed E-state index contributed by atoms with van der Waals surface area (Å²) in [5.74, 6) is -0.726. The van der Waals surface area contributed by atoms with Gasteiger partial charge in [-0.3, -0.25) is 0 Å². The van der Waals surface area contributed by atoms with E-state index in [4.69, 9.17) is 0 Å². The summed E-state index contributed by atoms with van der Waals surface area (Å²) in [7, 11) is 0. The number of hydrogen-bond donors (Lipinski definition) is 3. The first-order valence-corrected chi connectivity index (χ1v) is 12.2. The molecule has 4 aromatic rings. The summed E-state index contributed by atoms with van der Waals surface area (Å²) < 4.78 is 39.2. The number of aliphatic hydroxyl groups is 1. The van der Waals surface area contributed by atoms with Gasteiger partial charge in [-0.05, 0) is 73.2 Å². The lowest BCUT2D eigenvalue weighted by atomic mass is 9.77. The van der Waals surface area contributed by atoms with Gasteiger partial charge in [-0.15, -0.1) is 11.3 Å². The zero-order valence-electron chi connectivity index (χ0n) is 19.5. The number of aromatic carboxylic acids is 1. The number of anilines is 2. The SMILES string of the molecule is Cc1cc(Nc2cc(C(F)(F)F)ccn2)nc(-c2cnc(C3(O)CCCc4c(C(=O)O)cccc43)s2)c1. The van der Waals surface area contributed by atoms with Gasteiger partial charge in [0, 0.05) is 12.4 Å². The van der Waals surface area contributed by atoms with E-state index >= 15 is 0 Å². The van der Waals surface area contributed by atoms with Crippen molar-refractivity contribution in [2.45, 2.75) is 38.0 Å². The van der Waals surface area contributed by atoms with Gasteiger partial charge in [0.05, 0.1) is 21.7 Å². The number of nitrogens with one attached hydrogen (secondary N) is 1. The summed E-state index contributed by atoms with van der Waals surface area (Å²) in [6, 6.07) is 10.2. The summed E-state index contributed by atoms with van der Waals surface area (Å²) in [5.41, 5.74) is 0.390. The molecule has 7 nitrogen and oxygen atoms in total. The highest BCUT2D eigenvalue weighted by Crippen LogP contribution is 2.44. The molecule has 0 spiro atoms. The number of halogens is 3. The van der Waals surface area contributed by atoms with Crippen LogP contribution in [0.3, 0.4) is 0 Å². The lowest BCUT2D eigenvalue weighted by Crippen LogP contribution is -2.32. The van der Waals surface area contributed by atoms with Crippen LogP contribution < -0.4 is 5.32 Å². The van der Waals surface area contributed by atoms with Crippen LogP contribution in [0.15, 0.2) is 54.9 Å². The highest BCUT2D eigenvalue weighted by atomic mass is 32.1. The fourth-order valence-electron chi connectivity index (χ4n) is 4.57. The summed E-state index contributed by atoms with van der Waals surface area (Å²) >= 11 is 1.24. The molecule has 0 fully saturated rings. The number of carboxylic acids is 1. The molecule has 0 radical (unpaired) electrons. The average molecular weight is 527 g/mol. The first-order chi connectivity index (χ1) is 17.5. The van der Waals surface area contributed by atoms with E-state index in [-0.39, 0.29) is 11.4 Å². The van der Waals surface area contributed by atoms with Crippen molar-refractivity contribution in [1.82, 2.24) is 15.0 Å². The summed E-state index contributed by atoms with van der Waals surface area (Å²) in [6.45, 7) is 1.83. The Morgan fingerprint density at radius 1 is 1.14 bits per heavy atom. The Morgan fingerprint density at radius 2 is 1.95 bits per heavy atom. The topological polar surface area (TPSA) is 108 Å². The zero-order chi connectivity index (χ0) is 26.4. The molecule has 1 aliphatic rings. The fourth-order valence-corrected chi connectivity index (χ4v) is 5.58. The van der Waals surface area contributed by atoms with E-state index in [2.05, 4.69) is 20.3 Å². The van der Waals surface area contributed by atoms with E-state index in [0.717, 1.165) is 23.9 Å². The van der Waals surface area contributed by atoms with Gasteiger partial charge in [0.15, 0.2) is 0 Å². The molecule has 3 heterocycles. The smallest absolute Gasteiger partial charge is 0.416 e. The van der Waals surface area contributed by atoms with Crippen molar-refractivity contribution in [2.75, 3.05) is 5.32 Å². The third-order valence-corrected chi connectivity index (χ3v) is 7.41. The highest BCUT2D eigenvalue weighted by molar-refractivity contribution is 7.15. The lowest BCUT2D eigenvalue weighted by Gasteiger charge is -2.33. The molecule has 3 N–H and O–H groups in total. The number of benzene rings is 1. The number of pyridine rings is 2. The number of carboxylic acid groups (broad SMARTS) is 1. The van der Waals surface area contributed by atoms with Crippen LogP contribution in [0.25, 0.3) is 10.6 Å². The molecule has 0 saturated heterocycles. The van der Waals surface area contributed by atoms with Crippen LogP contribution in [0.2, 0.25) is 0 Å². The largest absolute Gasteiger partial charge is 0.478 e. The monoisotopic (exact) mass is 526 g/mol. The molecule has 1 atom stereocenters. The van der Waals surface area contributed by atoms with Crippen molar-refractivity contribution in [3.63, 3.8) is 0 Å². The van der Waals surface area contributed by atoms with Crippen molar-refractivity contribution in [1.29, 1.82) is 0 Å². The second-order valence-electron chi connectivity index (χ2n) is 8.85. The maximum atomic E-state index is 13.1. The number of thiazole rings is 1. The maximum Gasteiger partial charge on any atom is 0.416 e. The van der Waals surface area contributed by atoms with Crippen LogP contribution in [-0.4, -0.2) is 31.1 Å².